The van der Waals surface area contributed by atoms with Crippen LogP contribution in [0.2, 0.25) is 5.02 Å². The lowest BCUT2D eigenvalue weighted by Gasteiger charge is -2.45. The summed E-state index contributed by atoms with van der Waals surface area (Å²) in [4.78, 5) is 2.93. The molecule has 2 aliphatic rings. The number of benzene rings is 1. The van der Waals surface area contributed by atoms with Crippen molar-refractivity contribution in [2.24, 2.45) is 11.7 Å². The Morgan fingerprint density at radius 1 is 1.20 bits per heavy atom. The van der Waals surface area contributed by atoms with Crippen molar-refractivity contribution in [1.29, 1.82) is 0 Å². The summed E-state index contributed by atoms with van der Waals surface area (Å²) in [7, 11) is 0. The highest BCUT2D eigenvalue weighted by Crippen LogP contribution is 2.38. The van der Waals surface area contributed by atoms with Crippen LogP contribution < -0.4 is 10.6 Å². The molecule has 2 atom stereocenters. The minimum Gasteiger partial charge on any atom is -0.389 e. The van der Waals surface area contributed by atoms with Crippen molar-refractivity contribution in [3.8, 4) is 0 Å². The number of rotatable bonds is 2. The Kier molecular flexibility index (Phi) is 4.18. The zero-order valence-electron chi connectivity index (χ0n) is 11.6. The fourth-order valence-corrected chi connectivity index (χ4v) is 4.34. The largest absolute Gasteiger partial charge is 0.389 e. The molecule has 2 fully saturated rings. The second kappa shape index (κ2) is 5.90. The third-order valence-electron chi connectivity index (χ3n) is 4.79. The molecule has 1 aliphatic carbocycles. The Morgan fingerprint density at radius 3 is 2.70 bits per heavy atom. The van der Waals surface area contributed by atoms with Crippen molar-refractivity contribution < 1.29 is 0 Å². The van der Waals surface area contributed by atoms with E-state index in [1.165, 1.54) is 44.2 Å². The standard InChI is InChI=1S/C16H21ClN2S/c17-14-10-12(7-8-13(14)16(18)20)19-9-3-5-11-4-1-2-6-15(11)19/h7-8,10-11,15H,1-6,9H2,(H2,18,20)/t11-,15-/m1/s1. The van der Waals surface area contributed by atoms with E-state index in [0.29, 0.717) is 16.1 Å². The molecule has 1 aromatic rings. The molecular formula is C16H21ClN2S. The zero-order valence-corrected chi connectivity index (χ0v) is 13.2. The molecule has 1 aliphatic heterocycles. The zero-order chi connectivity index (χ0) is 14.1. The Morgan fingerprint density at radius 2 is 1.95 bits per heavy atom. The Labute approximate surface area is 131 Å². The van der Waals surface area contributed by atoms with E-state index >= 15 is 0 Å². The lowest BCUT2D eigenvalue weighted by molar-refractivity contribution is 0.244. The molecule has 108 valence electrons. The fraction of sp³-hybridized carbons (Fsp3) is 0.562. The van der Waals surface area contributed by atoms with E-state index in [1.807, 2.05) is 12.1 Å². The second-order valence-corrected chi connectivity index (χ2v) is 6.82. The fourth-order valence-electron chi connectivity index (χ4n) is 3.83. The summed E-state index contributed by atoms with van der Waals surface area (Å²) in [5, 5.41) is 0.674. The number of anilines is 1. The maximum atomic E-state index is 6.32. The Bertz CT molecular complexity index is 515. The third-order valence-corrected chi connectivity index (χ3v) is 5.33. The van der Waals surface area contributed by atoms with Gasteiger partial charge in [-0.05, 0) is 49.8 Å². The van der Waals surface area contributed by atoms with Gasteiger partial charge < -0.3 is 10.6 Å². The van der Waals surface area contributed by atoms with Crippen LogP contribution in [0, 0.1) is 5.92 Å². The maximum absolute atomic E-state index is 6.32. The summed E-state index contributed by atoms with van der Waals surface area (Å²) >= 11 is 11.3. The van der Waals surface area contributed by atoms with Crippen molar-refractivity contribution in [3.05, 3.63) is 28.8 Å². The molecule has 1 heterocycles. The molecule has 0 spiro atoms. The van der Waals surface area contributed by atoms with Crippen LogP contribution in [0.15, 0.2) is 18.2 Å². The molecule has 0 radical (unpaired) electrons. The molecule has 1 saturated heterocycles. The van der Waals surface area contributed by atoms with E-state index in [9.17, 15) is 0 Å². The van der Waals surface area contributed by atoms with Gasteiger partial charge in [0.2, 0.25) is 0 Å². The van der Waals surface area contributed by atoms with Crippen LogP contribution >= 0.6 is 23.8 Å². The Balaban J connectivity index is 1.87. The van der Waals surface area contributed by atoms with Gasteiger partial charge in [-0.2, -0.15) is 0 Å². The molecule has 0 unspecified atom stereocenters. The first-order valence-corrected chi connectivity index (χ1v) is 8.31. The van der Waals surface area contributed by atoms with Gasteiger partial charge in [0.05, 0.1) is 5.02 Å². The quantitative estimate of drug-likeness (QED) is 0.833. The van der Waals surface area contributed by atoms with Gasteiger partial charge in [0, 0.05) is 23.8 Å². The van der Waals surface area contributed by atoms with Gasteiger partial charge in [0.15, 0.2) is 0 Å². The van der Waals surface area contributed by atoms with Gasteiger partial charge in [0.25, 0.3) is 0 Å². The summed E-state index contributed by atoms with van der Waals surface area (Å²) in [5.41, 5.74) is 7.69. The van der Waals surface area contributed by atoms with Crippen LogP contribution in [-0.2, 0) is 0 Å². The van der Waals surface area contributed by atoms with Crippen molar-refractivity contribution in [1.82, 2.24) is 0 Å². The van der Waals surface area contributed by atoms with Gasteiger partial charge in [-0.15, -0.1) is 0 Å². The topological polar surface area (TPSA) is 29.3 Å². The minimum atomic E-state index is 0.371. The van der Waals surface area contributed by atoms with Gasteiger partial charge in [-0.25, -0.2) is 0 Å². The van der Waals surface area contributed by atoms with Crippen LogP contribution in [0.3, 0.4) is 0 Å². The maximum Gasteiger partial charge on any atom is 0.105 e. The molecule has 1 aromatic carbocycles. The predicted molar refractivity (Wildman–Crippen MR) is 89.7 cm³/mol. The number of hydrogen-bond donors (Lipinski definition) is 1. The van der Waals surface area contributed by atoms with Crippen molar-refractivity contribution in [3.63, 3.8) is 0 Å². The lowest BCUT2D eigenvalue weighted by Crippen LogP contribution is -2.46. The van der Waals surface area contributed by atoms with E-state index in [2.05, 4.69) is 11.0 Å². The summed E-state index contributed by atoms with van der Waals surface area (Å²) < 4.78 is 0. The predicted octanol–water partition coefficient (Wildman–Crippen LogP) is 4.13. The highest BCUT2D eigenvalue weighted by Gasteiger charge is 2.33. The molecule has 0 bridgehead atoms. The van der Waals surface area contributed by atoms with Gasteiger partial charge in [0.1, 0.15) is 4.99 Å². The summed E-state index contributed by atoms with van der Waals surface area (Å²) in [6.45, 7) is 1.14. The number of fused-ring (bicyclic) bond motifs is 1. The van der Waals surface area contributed by atoms with Crippen LogP contribution in [0.4, 0.5) is 5.69 Å². The first kappa shape index (κ1) is 14.2. The van der Waals surface area contributed by atoms with Crippen molar-refractivity contribution in [2.45, 2.75) is 44.6 Å². The summed E-state index contributed by atoms with van der Waals surface area (Å²) in [5.74, 6) is 0.867. The van der Waals surface area contributed by atoms with Gasteiger partial charge >= 0.3 is 0 Å². The minimum absolute atomic E-state index is 0.371. The van der Waals surface area contributed by atoms with E-state index in [-0.39, 0.29) is 0 Å². The van der Waals surface area contributed by atoms with Crippen LogP contribution in [0.1, 0.15) is 44.1 Å². The summed E-state index contributed by atoms with van der Waals surface area (Å²) in [6, 6.07) is 6.82. The van der Waals surface area contributed by atoms with E-state index in [0.717, 1.165) is 18.0 Å². The first-order chi connectivity index (χ1) is 9.66. The molecule has 3 rings (SSSR count). The summed E-state index contributed by atoms with van der Waals surface area (Å²) in [6.07, 6.45) is 8.14. The molecular weight excluding hydrogens is 288 g/mol. The van der Waals surface area contributed by atoms with Crippen LogP contribution in [-0.4, -0.2) is 17.6 Å². The molecule has 4 heteroatoms. The molecule has 0 aromatic heterocycles. The lowest BCUT2D eigenvalue weighted by atomic mass is 9.78. The van der Waals surface area contributed by atoms with E-state index in [4.69, 9.17) is 29.6 Å². The molecule has 2 nitrogen and oxygen atoms in total. The van der Waals surface area contributed by atoms with Crippen LogP contribution in [0.5, 0.6) is 0 Å². The monoisotopic (exact) mass is 308 g/mol. The van der Waals surface area contributed by atoms with Gasteiger partial charge in [-0.1, -0.05) is 36.7 Å². The highest BCUT2D eigenvalue weighted by atomic mass is 35.5. The van der Waals surface area contributed by atoms with Crippen LogP contribution in [0.25, 0.3) is 0 Å². The van der Waals surface area contributed by atoms with Crippen molar-refractivity contribution >= 4 is 34.5 Å². The molecule has 20 heavy (non-hydrogen) atoms. The van der Waals surface area contributed by atoms with Crippen molar-refractivity contribution in [2.75, 3.05) is 11.4 Å². The molecule has 0 amide bonds. The SMILES string of the molecule is NC(=S)c1ccc(N2CCC[C@H]3CCCC[C@H]32)cc1Cl. The number of nitrogens with zero attached hydrogens (tertiary/aromatic N) is 1. The van der Waals surface area contributed by atoms with Gasteiger partial charge in [-0.3, -0.25) is 0 Å². The highest BCUT2D eigenvalue weighted by molar-refractivity contribution is 7.80. The number of halogens is 1. The normalized spacial score (nSPS) is 26.1. The average molecular weight is 309 g/mol. The third kappa shape index (κ3) is 2.66. The first-order valence-electron chi connectivity index (χ1n) is 7.53. The number of nitrogens with two attached hydrogens (primary N) is 1. The number of thiocarbonyl (C=S) groups is 1. The Hall–Kier alpha value is -0.800. The van der Waals surface area contributed by atoms with E-state index in [1.54, 1.807) is 0 Å². The smallest absolute Gasteiger partial charge is 0.105 e. The van der Waals surface area contributed by atoms with E-state index < -0.39 is 0 Å². The second-order valence-electron chi connectivity index (χ2n) is 5.98. The molecule has 2 N–H and O–H groups in total. The number of hydrogen-bond acceptors (Lipinski definition) is 2. The average Bonchev–Trinajstić information content (AvgIpc) is 2.46. The molecule has 1 saturated carbocycles. The number of piperidine rings is 1.